The molecule has 1 aromatic heterocycles. The minimum absolute atomic E-state index is 0.0818. The number of amides is 1. The van der Waals surface area contributed by atoms with E-state index in [9.17, 15) is 4.79 Å². The SMILES string of the molecule is NCCNC(=O)CCc1nc(-c2ccc(Cl)cc2)no1. The van der Waals surface area contributed by atoms with Crippen molar-refractivity contribution < 1.29 is 9.32 Å². The van der Waals surface area contributed by atoms with Gasteiger partial charge in [0.2, 0.25) is 17.6 Å². The Labute approximate surface area is 121 Å². The minimum atomic E-state index is -0.0818. The van der Waals surface area contributed by atoms with Crippen molar-refractivity contribution in [2.45, 2.75) is 12.8 Å². The average molecular weight is 295 g/mol. The summed E-state index contributed by atoms with van der Waals surface area (Å²) in [6.07, 6.45) is 0.694. The lowest BCUT2D eigenvalue weighted by Gasteiger charge is -2.00. The Morgan fingerprint density at radius 1 is 1.35 bits per heavy atom. The van der Waals surface area contributed by atoms with E-state index in [1.165, 1.54) is 0 Å². The molecular weight excluding hydrogens is 280 g/mol. The number of carbonyl (C=O) groups excluding carboxylic acids is 1. The number of hydrogen-bond acceptors (Lipinski definition) is 5. The van der Waals surface area contributed by atoms with Gasteiger partial charge >= 0.3 is 0 Å². The van der Waals surface area contributed by atoms with E-state index in [4.69, 9.17) is 21.9 Å². The average Bonchev–Trinajstić information content (AvgIpc) is 2.92. The highest BCUT2D eigenvalue weighted by Gasteiger charge is 2.10. The summed E-state index contributed by atoms with van der Waals surface area (Å²) in [5.74, 6) is 0.832. The standard InChI is InChI=1S/C13H15ClN4O2/c14-10-3-1-9(2-4-10)13-17-12(20-18-13)6-5-11(19)16-8-7-15/h1-4H,5-8,15H2,(H,16,19). The van der Waals surface area contributed by atoms with Gasteiger partial charge in [-0.05, 0) is 24.3 Å². The molecule has 1 aromatic carbocycles. The summed E-state index contributed by atoms with van der Waals surface area (Å²) in [6, 6.07) is 7.14. The molecule has 0 spiro atoms. The maximum Gasteiger partial charge on any atom is 0.227 e. The summed E-state index contributed by atoms with van der Waals surface area (Å²) in [7, 11) is 0. The molecule has 0 aliphatic carbocycles. The number of halogens is 1. The Morgan fingerprint density at radius 3 is 2.80 bits per heavy atom. The fourth-order valence-electron chi connectivity index (χ4n) is 1.59. The van der Waals surface area contributed by atoms with Crippen LogP contribution in [0.2, 0.25) is 5.02 Å². The number of aromatic nitrogens is 2. The van der Waals surface area contributed by atoms with Crippen LogP contribution in [0.3, 0.4) is 0 Å². The Balaban J connectivity index is 1.92. The number of rotatable bonds is 6. The molecule has 1 heterocycles. The van der Waals surface area contributed by atoms with E-state index in [1.54, 1.807) is 12.1 Å². The smallest absolute Gasteiger partial charge is 0.227 e. The van der Waals surface area contributed by atoms with E-state index >= 15 is 0 Å². The molecule has 0 saturated heterocycles. The number of carbonyl (C=O) groups is 1. The van der Waals surface area contributed by atoms with E-state index in [2.05, 4.69) is 15.5 Å². The van der Waals surface area contributed by atoms with Crippen LogP contribution in [-0.2, 0) is 11.2 Å². The Kier molecular flexibility index (Phi) is 5.09. The van der Waals surface area contributed by atoms with Gasteiger partial charge in [0.05, 0.1) is 0 Å². The van der Waals surface area contributed by atoms with Crippen molar-refractivity contribution in [1.29, 1.82) is 0 Å². The van der Waals surface area contributed by atoms with Crippen LogP contribution >= 0.6 is 11.6 Å². The van der Waals surface area contributed by atoms with Crippen LogP contribution in [0.15, 0.2) is 28.8 Å². The lowest BCUT2D eigenvalue weighted by molar-refractivity contribution is -0.121. The third-order valence-electron chi connectivity index (χ3n) is 2.60. The van der Waals surface area contributed by atoms with Gasteiger partial charge in [0, 0.05) is 36.5 Å². The molecule has 2 aromatic rings. The summed E-state index contributed by atoms with van der Waals surface area (Å²) in [5.41, 5.74) is 6.11. The van der Waals surface area contributed by atoms with Crippen molar-refractivity contribution in [1.82, 2.24) is 15.5 Å². The van der Waals surface area contributed by atoms with Gasteiger partial charge in [0.1, 0.15) is 0 Å². The number of nitrogens with two attached hydrogens (primary N) is 1. The molecule has 106 valence electrons. The molecule has 0 bridgehead atoms. The molecule has 0 atom stereocenters. The maximum atomic E-state index is 11.4. The first-order chi connectivity index (χ1) is 9.69. The van der Waals surface area contributed by atoms with Crippen LogP contribution in [-0.4, -0.2) is 29.1 Å². The highest BCUT2D eigenvalue weighted by atomic mass is 35.5. The van der Waals surface area contributed by atoms with E-state index < -0.39 is 0 Å². The van der Waals surface area contributed by atoms with Crippen LogP contribution in [0.25, 0.3) is 11.4 Å². The number of aryl methyl sites for hydroxylation is 1. The zero-order valence-corrected chi connectivity index (χ0v) is 11.6. The maximum absolute atomic E-state index is 11.4. The molecule has 7 heteroatoms. The predicted molar refractivity (Wildman–Crippen MR) is 75.1 cm³/mol. The number of nitrogens with one attached hydrogen (secondary N) is 1. The molecule has 0 saturated carbocycles. The van der Waals surface area contributed by atoms with Crippen LogP contribution in [0.5, 0.6) is 0 Å². The summed E-state index contributed by atoms with van der Waals surface area (Å²) < 4.78 is 5.11. The fourth-order valence-corrected chi connectivity index (χ4v) is 1.72. The molecule has 0 radical (unpaired) electrons. The lowest BCUT2D eigenvalue weighted by Crippen LogP contribution is -2.29. The van der Waals surface area contributed by atoms with E-state index in [0.717, 1.165) is 5.56 Å². The van der Waals surface area contributed by atoms with Gasteiger partial charge in [-0.15, -0.1) is 0 Å². The summed E-state index contributed by atoms with van der Waals surface area (Å²) >= 11 is 5.81. The van der Waals surface area contributed by atoms with Crippen molar-refractivity contribution in [2.24, 2.45) is 5.73 Å². The quantitative estimate of drug-likeness (QED) is 0.840. The van der Waals surface area contributed by atoms with Gasteiger partial charge in [-0.3, -0.25) is 4.79 Å². The molecule has 0 aliphatic heterocycles. The summed E-state index contributed by atoms with van der Waals surface area (Å²) in [4.78, 5) is 15.7. The largest absolute Gasteiger partial charge is 0.355 e. The van der Waals surface area contributed by atoms with Gasteiger partial charge in [0.15, 0.2) is 0 Å². The number of hydrogen-bond donors (Lipinski definition) is 2. The zero-order valence-electron chi connectivity index (χ0n) is 10.8. The third kappa shape index (κ3) is 4.04. The van der Waals surface area contributed by atoms with Crippen molar-refractivity contribution >= 4 is 17.5 Å². The first kappa shape index (κ1) is 14.5. The van der Waals surface area contributed by atoms with Crippen LogP contribution in [0.4, 0.5) is 0 Å². The Bertz CT molecular complexity index is 568. The molecule has 20 heavy (non-hydrogen) atoms. The van der Waals surface area contributed by atoms with E-state index in [-0.39, 0.29) is 5.91 Å². The molecule has 0 aliphatic rings. The third-order valence-corrected chi connectivity index (χ3v) is 2.85. The highest BCUT2D eigenvalue weighted by molar-refractivity contribution is 6.30. The highest BCUT2D eigenvalue weighted by Crippen LogP contribution is 2.18. The second-order valence-electron chi connectivity index (χ2n) is 4.16. The molecule has 0 unspecified atom stereocenters. The molecule has 3 N–H and O–H groups in total. The molecule has 2 rings (SSSR count). The Morgan fingerprint density at radius 2 is 2.10 bits per heavy atom. The molecule has 1 amide bonds. The van der Waals surface area contributed by atoms with E-state index in [1.807, 2.05) is 12.1 Å². The number of benzene rings is 1. The van der Waals surface area contributed by atoms with Crippen LogP contribution < -0.4 is 11.1 Å². The first-order valence-corrected chi connectivity index (χ1v) is 6.62. The van der Waals surface area contributed by atoms with Gasteiger partial charge in [-0.25, -0.2) is 0 Å². The van der Waals surface area contributed by atoms with Gasteiger partial charge in [-0.2, -0.15) is 4.98 Å². The zero-order chi connectivity index (χ0) is 14.4. The van der Waals surface area contributed by atoms with Crippen molar-refractivity contribution in [3.05, 3.63) is 35.2 Å². The predicted octanol–water partition coefficient (Wildman–Crippen LogP) is 1.40. The fraction of sp³-hybridized carbons (Fsp3) is 0.308. The van der Waals surface area contributed by atoms with Gasteiger partial charge < -0.3 is 15.6 Å². The van der Waals surface area contributed by atoms with Crippen molar-refractivity contribution in [2.75, 3.05) is 13.1 Å². The monoisotopic (exact) mass is 294 g/mol. The second kappa shape index (κ2) is 7.02. The van der Waals surface area contributed by atoms with Gasteiger partial charge in [-0.1, -0.05) is 16.8 Å². The molecule has 6 nitrogen and oxygen atoms in total. The number of nitrogens with zero attached hydrogens (tertiary/aromatic N) is 2. The van der Waals surface area contributed by atoms with Gasteiger partial charge in [0.25, 0.3) is 0 Å². The normalized spacial score (nSPS) is 10.5. The Hall–Kier alpha value is -1.92. The van der Waals surface area contributed by atoms with Crippen LogP contribution in [0.1, 0.15) is 12.3 Å². The summed E-state index contributed by atoms with van der Waals surface area (Å²) in [6.45, 7) is 0.895. The van der Waals surface area contributed by atoms with E-state index in [0.29, 0.717) is 42.7 Å². The first-order valence-electron chi connectivity index (χ1n) is 6.24. The van der Waals surface area contributed by atoms with Crippen molar-refractivity contribution in [3.63, 3.8) is 0 Å². The van der Waals surface area contributed by atoms with Crippen molar-refractivity contribution in [3.8, 4) is 11.4 Å². The second-order valence-corrected chi connectivity index (χ2v) is 4.59. The van der Waals surface area contributed by atoms with Crippen LogP contribution in [0, 0.1) is 0 Å². The topological polar surface area (TPSA) is 94.0 Å². The minimum Gasteiger partial charge on any atom is -0.355 e. The summed E-state index contributed by atoms with van der Waals surface area (Å²) in [5, 5.41) is 7.20. The molecule has 0 fully saturated rings. The lowest BCUT2D eigenvalue weighted by atomic mass is 10.2. The molecular formula is C13H15ClN4O2.